The maximum absolute atomic E-state index is 12.4. The summed E-state index contributed by atoms with van der Waals surface area (Å²) < 4.78 is 4.58. The molecule has 0 radical (unpaired) electrons. The number of benzene rings is 1. The summed E-state index contributed by atoms with van der Waals surface area (Å²) in [6, 6.07) is 8.32. The van der Waals surface area contributed by atoms with Gasteiger partial charge in [-0.3, -0.25) is 14.4 Å². The van der Waals surface area contributed by atoms with Crippen LogP contribution in [-0.4, -0.2) is 55.0 Å². The molecule has 380 valence electrons. The minimum absolute atomic E-state index is 0.250. The van der Waals surface area contributed by atoms with Crippen molar-refractivity contribution in [3.8, 4) is 0 Å². The van der Waals surface area contributed by atoms with Crippen molar-refractivity contribution >= 4 is 18.7 Å². The molecule has 1 N–H and O–H groups in total. The van der Waals surface area contributed by atoms with E-state index in [0.717, 1.165) is 30.7 Å². The molecule has 1 rings (SSSR count). The SMILES string of the molecule is C=C=CC.CCCCCCCCC(CCCCCCCC)CCCCCCCN(CCCCCCCC)CCCc1ccccc1C(=O)CC.CCCCCCCCCOC=O.O=CO. The predicted molar refractivity (Wildman–Crippen MR) is 284 cm³/mol. The Morgan fingerprint density at radius 3 is 1.32 bits per heavy atom. The van der Waals surface area contributed by atoms with E-state index in [1.165, 1.54) is 231 Å². The van der Waals surface area contributed by atoms with Crippen LogP contribution < -0.4 is 0 Å². The highest BCUT2D eigenvalue weighted by Gasteiger charge is 2.12. The quantitative estimate of drug-likeness (QED) is 0.0304. The van der Waals surface area contributed by atoms with E-state index in [1.807, 2.05) is 26.0 Å². The van der Waals surface area contributed by atoms with Crippen LogP contribution in [0.2, 0.25) is 0 Å². The van der Waals surface area contributed by atoms with Crippen molar-refractivity contribution in [3.63, 3.8) is 0 Å². The molecular weight excluding hydrogens is 803 g/mol. The van der Waals surface area contributed by atoms with E-state index in [2.05, 4.69) is 61.8 Å². The molecule has 65 heavy (non-hydrogen) atoms. The van der Waals surface area contributed by atoms with E-state index >= 15 is 0 Å². The molecule has 0 amide bonds. The second-order valence-electron chi connectivity index (χ2n) is 18.4. The molecule has 0 bridgehead atoms. The maximum Gasteiger partial charge on any atom is 0.293 e. The van der Waals surface area contributed by atoms with Gasteiger partial charge >= 0.3 is 0 Å². The minimum atomic E-state index is -0.250. The molecule has 0 saturated carbocycles. The van der Waals surface area contributed by atoms with Crippen LogP contribution in [0, 0.1) is 5.92 Å². The molecule has 6 heteroatoms. The maximum atomic E-state index is 12.4. The number of carbonyl (C=O) groups excluding carboxylic acids is 2. The van der Waals surface area contributed by atoms with Crippen molar-refractivity contribution in [2.45, 2.75) is 273 Å². The third-order valence-corrected chi connectivity index (χ3v) is 12.5. The van der Waals surface area contributed by atoms with E-state index < -0.39 is 0 Å². The standard InChI is InChI=1S/C44H81NO.C10H20O2.C4H6.CH2O2/c1-5-9-12-15-19-24-32-41(33-25-20-16-13-10-6-2)34-26-21-18-23-30-39-45(38-29-22-17-14-11-7-3)40-31-36-42-35-27-28-37-43(42)44(46)8-4;1-2-3-4-5-6-7-8-9-12-10-11;1-3-4-2;2-1-3/h27-28,35,37,41H,5-26,29-34,36,38-40H2,1-4H3;10H,2-9H2,1H3;4H,1H2,2H3;1H,(H,2,3). The minimum Gasteiger partial charge on any atom is -0.483 e. The van der Waals surface area contributed by atoms with Gasteiger partial charge in [-0.2, -0.15) is 0 Å². The molecule has 0 aliphatic rings. The number of ether oxygens (including phenoxy) is 1. The van der Waals surface area contributed by atoms with Crippen LogP contribution in [0.3, 0.4) is 0 Å². The van der Waals surface area contributed by atoms with Gasteiger partial charge in [0, 0.05) is 12.0 Å². The zero-order valence-electron chi connectivity index (χ0n) is 44.1. The third-order valence-electron chi connectivity index (χ3n) is 12.5. The van der Waals surface area contributed by atoms with Crippen LogP contribution in [0.15, 0.2) is 42.7 Å². The zero-order chi connectivity index (χ0) is 48.5. The first-order chi connectivity index (χ1) is 31.9. The molecule has 0 unspecified atom stereocenters. The molecule has 0 saturated heterocycles. The first kappa shape index (κ1) is 66.6. The fourth-order valence-corrected chi connectivity index (χ4v) is 8.49. The van der Waals surface area contributed by atoms with Crippen LogP contribution in [-0.2, 0) is 20.7 Å². The molecule has 0 atom stereocenters. The molecule has 1 aromatic carbocycles. The van der Waals surface area contributed by atoms with Gasteiger partial charge in [-0.15, -0.1) is 5.73 Å². The third kappa shape index (κ3) is 52.1. The average molecular weight is 913 g/mol. The van der Waals surface area contributed by atoms with Gasteiger partial charge in [0.1, 0.15) is 0 Å². The van der Waals surface area contributed by atoms with Gasteiger partial charge in [0.05, 0.1) is 6.61 Å². The second-order valence-corrected chi connectivity index (χ2v) is 18.4. The first-order valence-corrected chi connectivity index (χ1v) is 27.7. The topological polar surface area (TPSA) is 83.9 Å². The molecule has 0 aromatic heterocycles. The van der Waals surface area contributed by atoms with Crippen molar-refractivity contribution in [2.24, 2.45) is 5.92 Å². The van der Waals surface area contributed by atoms with Gasteiger partial charge in [-0.1, -0.05) is 258 Å². The summed E-state index contributed by atoms with van der Waals surface area (Å²) in [6.07, 6.45) is 50.3. The number of carboxylic acid groups (broad SMARTS) is 1. The zero-order valence-corrected chi connectivity index (χ0v) is 44.1. The number of nitrogens with zero attached hydrogens (tertiary/aromatic N) is 1. The van der Waals surface area contributed by atoms with Crippen LogP contribution in [0.25, 0.3) is 0 Å². The van der Waals surface area contributed by atoms with Crippen molar-refractivity contribution in [1.82, 2.24) is 4.90 Å². The summed E-state index contributed by atoms with van der Waals surface area (Å²) in [5, 5.41) is 6.89. The van der Waals surface area contributed by atoms with Crippen molar-refractivity contribution in [2.75, 3.05) is 26.2 Å². The monoisotopic (exact) mass is 912 g/mol. The molecule has 0 aliphatic heterocycles. The van der Waals surface area contributed by atoms with Gasteiger partial charge < -0.3 is 14.7 Å². The number of allylic oxidation sites excluding steroid dienone is 1. The van der Waals surface area contributed by atoms with Crippen LogP contribution >= 0.6 is 0 Å². The average Bonchev–Trinajstić information content (AvgIpc) is 3.32. The summed E-state index contributed by atoms with van der Waals surface area (Å²) in [5.74, 6) is 1.28. The molecule has 0 aliphatic carbocycles. The number of unbranched alkanes of at least 4 members (excludes halogenated alkanes) is 25. The number of carbonyl (C=O) groups is 3. The predicted octanol–water partition coefficient (Wildman–Crippen LogP) is 18.3. The lowest BCUT2D eigenvalue weighted by Crippen LogP contribution is -2.27. The normalized spacial score (nSPS) is 10.5. The lowest BCUT2D eigenvalue weighted by Gasteiger charge is -2.23. The number of hydrogen-bond acceptors (Lipinski definition) is 5. The van der Waals surface area contributed by atoms with Gasteiger partial charge in [-0.25, -0.2) is 0 Å². The number of rotatable bonds is 44. The lowest BCUT2D eigenvalue weighted by molar-refractivity contribution is -0.128. The summed E-state index contributed by atoms with van der Waals surface area (Å²) in [7, 11) is 0. The molecule has 6 nitrogen and oxygen atoms in total. The van der Waals surface area contributed by atoms with Crippen LogP contribution in [0.5, 0.6) is 0 Å². The molecule has 0 spiro atoms. The summed E-state index contributed by atoms with van der Waals surface area (Å²) in [4.78, 5) is 33.3. The van der Waals surface area contributed by atoms with Gasteiger partial charge in [0.25, 0.3) is 12.9 Å². The number of hydrogen-bond donors (Lipinski definition) is 1. The molecular formula is C59H109NO5. The van der Waals surface area contributed by atoms with Crippen LogP contribution in [0.4, 0.5) is 0 Å². The Bertz CT molecular complexity index is 1130. The Morgan fingerprint density at radius 2 is 0.938 bits per heavy atom. The van der Waals surface area contributed by atoms with E-state index in [9.17, 15) is 9.59 Å². The van der Waals surface area contributed by atoms with Crippen molar-refractivity contribution in [3.05, 3.63) is 53.8 Å². The lowest BCUT2D eigenvalue weighted by atomic mass is 9.89. The van der Waals surface area contributed by atoms with E-state index in [4.69, 9.17) is 9.90 Å². The fourth-order valence-electron chi connectivity index (χ4n) is 8.49. The Hall–Kier alpha value is -2.69. The van der Waals surface area contributed by atoms with Gasteiger partial charge in [-0.05, 0) is 76.2 Å². The Kier molecular flexibility index (Phi) is 60.8. The highest BCUT2D eigenvalue weighted by molar-refractivity contribution is 5.97. The summed E-state index contributed by atoms with van der Waals surface area (Å²) in [6.45, 7) is 20.9. The second kappa shape index (κ2) is 59.3. The number of aryl methyl sites for hydroxylation is 1. The highest BCUT2D eigenvalue weighted by atomic mass is 16.5. The Balaban J connectivity index is -0.00000168. The van der Waals surface area contributed by atoms with Crippen molar-refractivity contribution in [1.29, 1.82) is 0 Å². The van der Waals surface area contributed by atoms with Gasteiger partial charge in [0.15, 0.2) is 5.78 Å². The smallest absolute Gasteiger partial charge is 0.293 e. The van der Waals surface area contributed by atoms with Crippen LogP contribution in [0.1, 0.15) is 282 Å². The van der Waals surface area contributed by atoms with Crippen molar-refractivity contribution < 1.29 is 24.2 Å². The largest absolute Gasteiger partial charge is 0.483 e. The molecule has 1 aromatic rings. The Morgan fingerprint density at radius 1 is 0.585 bits per heavy atom. The number of Topliss-reactive ketones (excluding diaryl/α,β-unsaturated/α-hetero) is 1. The highest BCUT2D eigenvalue weighted by Crippen LogP contribution is 2.25. The first-order valence-electron chi connectivity index (χ1n) is 27.7. The van der Waals surface area contributed by atoms with Gasteiger partial charge in [0.2, 0.25) is 0 Å². The summed E-state index contributed by atoms with van der Waals surface area (Å²) >= 11 is 0. The summed E-state index contributed by atoms with van der Waals surface area (Å²) in [5.41, 5.74) is 4.76. The Labute approximate surface area is 405 Å². The molecule has 0 heterocycles. The fraction of sp³-hybridized carbons (Fsp3) is 0.797. The van der Waals surface area contributed by atoms with E-state index in [-0.39, 0.29) is 12.3 Å². The molecule has 0 fully saturated rings. The van der Waals surface area contributed by atoms with E-state index in [0.29, 0.717) is 19.5 Å². The van der Waals surface area contributed by atoms with E-state index in [1.54, 1.807) is 6.08 Å². The number of ketones is 1.